The normalized spacial score (nSPS) is 14.6. The first-order chi connectivity index (χ1) is 9.63. The molecule has 3 nitrogen and oxygen atoms in total. The Labute approximate surface area is 121 Å². The fraction of sp³-hybridized carbons (Fsp3) is 0.529. The largest absolute Gasteiger partial charge is 0.353 e. The van der Waals surface area contributed by atoms with Gasteiger partial charge in [-0.1, -0.05) is 31.5 Å². The number of ether oxygens (including phenoxy) is 2. The highest BCUT2D eigenvalue weighted by molar-refractivity contribution is 5.81. The van der Waals surface area contributed by atoms with Gasteiger partial charge in [0.1, 0.15) is 6.23 Å². The van der Waals surface area contributed by atoms with Crippen LogP contribution in [0.2, 0.25) is 0 Å². The van der Waals surface area contributed by atoms with E-state index in [0.717, 1.165) is 19.4 Å². The van der Waals surface area contributed by atoms with Crippen LogP contribution < -0.4 is 0 Å². The maximum atomic E-state index is 5.97. The molecular formula is C17H25NO2. The zero-order valence-electron chi connectivity index (χ0n) is 12.9. The molecule has 2 aromatic rings. The standard InChI is InChI=1S/C17H25NO2/c1-5-6-11-19-15(4)20-14(3)18-13(2)12-16-9-7-8-10-17(16)18/h7-10,12,14-15H,5-6,11H2,1-4H3. The first-order valence-corrected chi connectivity index (χ1v) is 7.47. The van der Waals surface area contributed by atoms with Crippen LogP contribution >= 0.6 is 0 Å². The second-order valence-corrected chi connectivity index (χ2v) is 5.24. The maximum absolute atomic E-state index is 5.97. The molecule has 0 saturated heterocycles. The third kappa shape index (κ3) is 3.41. The van der Waals surface area contributed by atoms with Crippen LogP contribution in [0.4, 0.5) is 0 Å². The van der Waals surface area contributed by atoms with E-state index in [1.54, 1.807) is 0 Å². The van der Waals surface area contributed by atoms with Gasteiger partial charge in [0.2, 0.25) is 0 Å². The topological polar surface area (TPSA) is 23.4 Å². The van der Waals surface area contributed by atoms with Gasteiger partial charge in [-0.3, -0.25) is 0 Å². The lowest BCUT2D eigenvalue weighted by Gasteiger charge is -2.22. The van der Waals surface area contributed by atoms with Gasteiger partial charge < -0.3 is 14.0 Å². The zero-order valence-corrected chi connectivity index (χ0v) is 12.9. The van der Waals surface area contributed by atoms with E-state index < -0.39 is 0 Å². The summed E-state index contributed by atoms with van der Waals surface area (Å²) >= 11 is 0. The third-order valence-electron chi connectivity index (χ3n) is 3.54. The fourth-order valence-electron chi connectivity index (χ4n) is 2.57. The molecule has 3 heteroatoms. The van der Waals surface area contributed by atoms with Crippen molar-refractivity contribution in [1.82, 2.24) is 4.57 Å². The van der Waals surface area contributed by atoms with Crippen molar-refractivity contribution in [3.05, 3.63) is 36.0 Å². The van der Waals surface area contributed by atoms with Crippen LogP contribution in [0, 0.1) is 6.92 Å². The monoisotopic (exact) mass is 275 g/mol. The smallest absolute Gasteiger partial charge is 0.157 e. The quantitative estimate of drug-likeness (QED) is 0.542. The zero-order chi connectivity index (χ0) is 14.5. The molecule has 1 aromatic heterocycles. The van der Waals surface area contributed by atoms with Gasteiger partial charge in [0, 0.05) is 12.3 Å². The van der Waals surface area contributed by atoms with E-state index in [0.29, 0.717) is 0 Å². The van der Waals surface area contributed by atoms with Crippen LogP contribution in [0.25, 0.3) is 10.9 Å². The average Bonchev–Trinajstić information content (AvgIpc) is 2.74. The Hall–Kier alpha value is -1.32. The molecule has 2 unspecified atom stereocenters. The number of nitrogens with zero attached hydrogens (tertiary/aromatic N) is 1. The summed E-state index contributed by atoms with van der Waals surface area (Å²) in [6, 6.07) is 10.6. The minimum absolute atomic E-state index is 0.0356. The molecule has 2 atom stereocenters. The number of unbranched alkanes of at least 4 members (excludes halogenated alkanes) is 1. The van der Waals surface area contributed by atoms with Crippen molar-refractivity contribution in [2.24, 2.45) is 0 Å². The predicted octanol–water partition coefficient (Wildman–Crippen LogP) is 4.65. The molecule has 1 heterocycles. The molecule has 0 radical (unpaired) electrons. The number of aromatic nitrogens is 1. The molecule has 2 rings (SSSR count). The van der Waals surface area contributed by atoms with Crippen molar-refractivity contribution in [2.75, 3.05) is 6.61 Å². The van der Waals surface area contributed by atoms with Crippen molar-refractivity contribution in [3.8, 4) is 0 Å². The highest BCUT2D eigenvalue weighted by Crippen LogP contribution is 2.25. The van der Waals surface area contributed by atoms with Crippen LogP contribution in [-0.4, -0.2) is 17.5 Å². The molecule has 0 saturated carbocycles. The summed E-state index contributed by atoms with van der Waals surface area (Å²) in [6.07, 6.45) is 2.00. The second-order valence-electron chi connectivity index (χ2n) is 5.24. The van der Waals surface area contributed by atoms with Gasteiger partial charge >= 0.3 is 0 Å². The van der Waals surface area contributed by atoms with Crippen LogP contribution in [0.1, 0.15) is 45.5 Å². The summed E-state index contributed by atoms with van der Waals surface area (Å²) < 4.78 is 13.9. The van der Waals surface area contributed by atoms with E-state index in [1.807, 2.05) is 6.92 Å². The summed E-state index contributed by atoms with van der Waals surface area (Å²) in [5.74, 6) is 0. The minimum atomic E-state index is -0.183. The van der Waals surface area contributed by atoms with Crippen LogP contribution in [0.3, 0.4) is 0 Å². The van der Waals surface area contributed by atoms with E-state index in [-0.39, 0.29) is 12.5 Å². The van der Waals surface area contributed by atoms with Gasteiger partial charge in [0.15, 0.2) is 6.29 Å². The van der Waals surface area contributed by atoms with E-state index in [1.165, 1.54) is 16.6 Å². The van der Waals surface area contributed by atoms with Gasteiger partial charge in [0.25, 0.3) is 0 Å². The number of para-hydroxylation sites is 1. The first-order valence-electron chi connectivity index (χ1n) is 7.47. The first kappa shape index (κ1) is 15.1. The number of aryl methyl sites for hydroxylation is 1. The molecule has 110 valence electrons. The Balaban J connectivity index is 2.07. The van der Waals surface area contributed by atoms with Crippen molar-refractivity contribution >= 4 is 10.9 Å². The van der Waals surface area contributed by atoms with Crippen molar-refractivity contribution in [3.63, 3.8) is 0 Å². The van der Waals surface area contributed by atoms with Crippen molar-refractivity contribution in [1.29, 1.82) is 0 Å². The number of hydrogen-bond acceptors (Lipinski definition) is 2. The van der Waals surface area contributed by atoms with Crippen LogP contribution in [-0.2, 0) is 9.47 Å². The third-order valence-corrected chi connectivity index (χ3v) is 3.54. The summed E-state index contributed by atoms with van der Waals surface area (Å²) in [5, 5.41) is 1.25. The maximum Gasteiger partial charge on any atom is 0.157 e. The average molecular weight is 275 g/mol. The summed E-state index contributed by atoms with van der Waals surface area (Å²) in [6.45, 7) is 9.07. The number of fused-ring (bicyclic) bond motifs is 1. The molecule has 0 aliphatic heterocycles. The SMILES string of the molecule is CCCCOC(C)OC(C)n1c(C)cc2ccccc21. The van der Waals surface area contributed by atoms with Crippen LogP contribution in [0.5, 0.6) is 0 Å². The van der Waals surface area contributed by atoms with E-state index >= 15 is 0 Å². The molecular weight excluding hydrogens is 250 g/mol. The van der Waals surface area contributed by atoms with Gasteiger partial charge in [0.05, 0.1) is 5.52 Å². The van der Waals surface area contributed by atoms with E-state index in [2.05, 4.69) is 55.7 Å². The molecule has 0 spiro atoms. The Morgan fingerprint density at radius 1 is 1.20 bits per heavy atom. The number of benzene rings is 1. The molecule has 0 fully saturated rings. The van der Waals surface area contributed by atoms with Gasteiger partial charge in [-0.2, -0.15) is 0 Å². The number of hydrogen-bond donors (Lipinski definition) is 0. The summed E-state index contributed by atoms with van der Waals surface area (Å²) in [7, 11) is 0. The fourth-order valence-corrected chi connectivity index (χ4v) is 2.57. The van der Waals surface area contributed by atoms with Gasteiger partial charge in [-0.25, -0.2) is 0 Å². The number of rotatable bonds is 7. The molecule has 1 aromatic carbocycles. The Bertz CT molecular complexity index is 547. The lowest BCUT2D eigenvalue weighted by molar-refractivity contribution is -0.175. The van der Waals surface area contributed by atoms with Gasteiger partial charge in [-0.15, -0.1) is 0 Å². The molecule has 0 N–H and O–H groups in total. The Kier molecular flexibility index (Phi) is 5.21. The lowest BCUT2D eigenvalue weighted by Crippen LogP contribution is -2.20. The Morgan fingerprint density at radius 2 is 1.95 bits per heavy atom. The lowest BCUT2D eigenvalue weighted by atomic mass is 10.2. The highest BCUT2D eigenvalue weighted by atomic mass is 16.7. The summed E-state index contributed by atoms with van der Waals surface area (Å²) in [4.78, 5) is 0. The summed E-state index contributed by atoms with van der Waals surface area (Å²) in [5.41, 5.74) is 2.41. The molecule has 0 aliphatic rings. The predicted molar refractivity (Wildman–Crippen MR) is 82.8 cm³/mol. The van der Waals surface area contributed by atoms with Crippen LogP contribution in [0.15, 0.2) is 30.3 Å². The van der Waals surface area contributed by atoms with E-state index in [9.17, 15) is 0 Å². The molecule has 0 bridgehead atoms. The second kappa shape index (κ2) is 6.91. The van der Waals surface area contributed by atoms with E-state index in [4.69, 9.17) is 9.47 Å². The molecule has 0 amide bonds. The molecule has 20 heavy (non-hydrogen) atoms. The van der Waals surface area contributed by atoms with Gasteiger partial charge in [-0.05, 0) is 44.7 Å². The minimum Gasteiger partial charge on any atom is -0.353 e. The Morgan fingerprint density at radius 3 is 2.70 bits per heavy atom. The molecule has 0 aliphatic carbocycles. The highest BCUT2D eigenvalue weighted by Gasteiger charge is 2.14. The van der Waals surface area contributed by atoms with Crippen molar-refractivity contribution < 1.29 is 9.47 Å². The van der Waals surface area contributed by atoms with Crippen molar-refractivity contribution in [2.45, 2.75) is 53.1 Å².